The lowest BCUT2D eigenvalue weighted by atomic mass is 10.0. The largest absolute Gasteiger partial charge is 0.376 e. The summed E-state index contributed by atoms with van der Waals surface area (Å²) in [6, 6.07) is 6.04. The molecule has 3 nitrogen and oxygen atoms in total. The van der Waals surface area contributed by atoms with E-state index in [1.807, 2.05) is 13.0 Å². The summed E-state index contributed by atoms with van der Waals surface area (Å²) in [5.41, 5.74) is 0.949. The third-order valence-electron chi connectivity index (χ3n) is 2.34. The van der Waals surface area contributed by atoms with Crippen molar-refractivity contribution >= 4 is 11.9 Å². The third-order valence-corrected chi connectivity index (χ3v) is 3.01. The Hall–Kier alpha value is -1.09. The fraction of sp³-hybridized carbons (Fsp3) is 0.364. The lowest BCUT2D eigenvalue weighted by Gasteiger charge is -2.21. The maximum atomic E-state index is 13.0. The average molecular weight is 240 g/mol. The van der Waals surface area contributed by atoms with Gasteiger partial charge in [0.1, 0.15) is 5.82 Å². The Morgan fingerprint density at radius 2 is 2.25 bits per heavy atom. The molecule has 2 unspecified atom stereocenters. The number of benzene rings is 1. The maximum absolute atomic E-state index is 13.0. The summed E-state index contributed by atoms with van der Waals surface area (Å²) < 4.78 is 18.3. The fourth-order valence-corrected chi connectivity index (χ4v) is 1.92. The molecule has 0 bridgehead atoms. The van der Waals surface area contributed by atoms with Crippen LogP contribution in [0.4, 0.5) is 4.39 Å². The number of methoxy groups -OCH3 is 1. The van der Waals surface area contributed by atoms with E-state index in [2.05, 4.69) is 0 Å². The minimum Gasteiger partial charge on any atom is -0.376 e. The molecule has 0 saturated carbocycles. The van der Waals surface area contributed by atoms with E-state index in [1.165, 1.54) is 12.1 Å². The smallest absolute Gasteiger partial charge is 0.124 e. The van der Waals surface area contributed by atoms with Crippen molar-refractivity contribution in [2.75, 3.05) is 7.11 Å². The van der Waals surface area contributed by atoms with Crippen LogP contribution < -0.4 is 5.14 Å². The molecule has 5 heteroatoms. The molecule has 1 aromatic carbocycles. The monoisotopic (exact) mass is 240 g/mol. The fourth-order valence-electron chi connectivity index (χ4n) is 1.52. The van der Waals surface area contributed by atoms with E-state index in [0.717, 1.165) is 11.9 Å². The Balaban J connectivity index is 3.15. The highest BCUT2D eigenvalue weighted by Crippen LogP contribution is 2.29. The van der Waals surface area contributed by atoms with E-state index in [0.29, 0.717) is 5.56 Å². The van der Waals surface area contributed by atoms with Crippen LogP contribution >= 0.6 is 11.9 Å². The van der Waals surface area contributed by atoms with E-state index >= 15 is 0 Å². The Morgan fingerprint density at radius 3 is 2.75 bits per heavy atom. The first kappa shape index (κ1) is 13.0. The van der Waals surface area contributed by atoms with Gasteiger partial charge in [-0.2, -0.15) is 5.26 Å². The molecule has 0 fully saturated rings. The second-order valence-electron chi connectivity index (χ2n) is 3.34. The molecule has 0 aromatic heterocycles. The van der Waals surface area contributed by atoms with Crippen LogP contribution in [0.15, 0.2) is 18.2 Å². The first-order chi connectivity index (χ1) is 7.63. The van der Waals surface area contributed by atoms with Gasteiger partial charge < -0.3 is 4.74 Å². The summed E-state index contributed by atoms with van der Waals surface area (Å²) in [5.74, 6) is -0.428. The quantitative estimate of drug-likeness (QED) is 0.821. The average Bonchev–Trinajstić information content (AvgIpc) is 2.31. The molecule has 2 atom stereocenters. The van der Waals surface area contributed by atoms with Crippen molar-refractivity contribution in [2.24, 2.45) is 5.14 Å². The van der Waals surface area contributed by atoms with Crippen molar-refractivity contribution in [1.29, 1.82) is 5.26 Å². The molecule has 0 spiro atoms. The van der Waals surface area contributed by atoms with Gasteiger partial charge in [0, 0.05) is 12.4 Å². The van der Waals surface area contributed by atoms with Gasteiger partial charge in [-0.15, -0.1) is 0 Å². The first-order valence-corrected chi connectivity index (χ1v) is 5.66. The van der Waals surface area contributed by atoms with Crippen molar-refractivity contribution in [3.05, 3.63) is 35.1 Å². The molecule has 1 aromatic rings. The van der Waals surface area contributed by atoms with Crippen molar-refractivity contribution in [1.82, 2.24) is 0 Å². The summed E-state index contributed by atoms with van der Waals surface area (Å²) in [5, 5.41) is 14.4. The predicted octanol–water partition coefficient (Wildman–Crippen LogP) is 2.38. The van der Waals surface area contributed by atoms with Crippen LogP contribution in [0.3, 0.4) is 0 Å². The Labute approximate surface area is 98.5 Å². The molecular formula is C11H13FN2OS. The molecular weight excluding hydrogens is 227 g/mol. The predicted molar refractivity (Wildman–Crippen MR) is 62.1 cm³/mol. The zero-order valence-electron chi connectivity index (χ0n) is 9.11. The van der Waals surface area contributed by atoms with E-state index in [9.17, 15) is 4.39 Å². The molecule has 0 aliphatic rings. The molecule has 0 aliphatic carbocycles. The Bertz CT molecular complexity index is 405. The van der Waals surface area contributed by atoms with Gasteiger partial charge in [0.15, 0.2) is 0 Å². The minimum absolute atomic E-state index is 0.0115. The zero-order valence-corrected chi connectivity index (χ0v) is 9.92. The summed E-state index contributed by atoms with van der Waals surface area (Å²) in [4.78, 5) is 0. The van der Waals surface area contributed by atoms with Gasteiger partial charge in [0.2, 0.25) is 0 Å². The Morgan fingerprint density at radius 1 is 1.56 bits per heavy atom. The number of nitrogens with zero attached hydrogens (tertiary/aromatic N) is 1. The molecule has 16 heavy (non-hydrogen) atoms. The van der Waals surface area contributed by atoms with E-state index in [4.69, 9.17) is 15.1 Å². The molecule has 1 rings (SSSR count). The lowest BCUT2D eigenvalue weighted by Crippen LogP contribution is -2.17. The molecule has 0 saturated heterocycles. The van der Waals surface area contributed by atoms with Crippen LogP contribution in [-0.4, -0.2) is 12.4 Å². The van der Waals surface area contributed by atoms with Crippen LogP contribution in [0.2, 0.25) is 0 Å². The summed E-state index contributed by atoms with van der Waals surface area (Å²) in [6.07, 6.45) is -0.315. The van der Waals surface area contributed by atoms with Crippen LogP contribution in [-0.2, 0) is 4.74 Å². The number of hydrogen-bond donors (Lipinski definition) is 1. The maximum Gasteiger partial charge on any atom is 0.124 e. The zero-order chi connectivity index (χ0) is 12.1. The molecule has 2 N–H and O–H groups in total. The molecule has 0 amide bonds. The second-order valence-corrected chi connectivity index (χ2v) is 4.36. The Kier molecular flexibility index (Phi) is 4.74. The SMILES string of the molecule is COC(c1ccc(F)cc1C#N)C(C)SN. The second kappa shape index (κ2) is 5.85. The molecule has 86 valence electrons. The van der Waals surface area contributed by atoms with E-state index in [1.54, 1.807) is 13.2 Å². The van der Waals surface area contributed by atoms with Crippen molar-refractivity contribution < 1.29 is 9.13 Å². The van der Waals surface area contributed by atoms with Gasteiger partial charge in [-0.1, -0.05) is 18.0 Å². The number of halogens is 1. The van der Waals surface area contributed by atoms with Gasteiger partial charge in [0.05, 0.1) is 17.7 Å². The lowest BCUT2D eigenvalue weighted by molar-refractivity contribution is 0.104. The van der Waals surface area contributed by atoms with Crippen LogP contribution in [0.1, 0.15) is 24.2 Å². The van der Waals surface area contributed by atoms with Crippen LogP contribution in [0, 0.1) is 17.1 Å². The molecule has 0 heterocycles. The van der Waals surface area contributed by atoms with Gasteiger partial charge in [-0.3, -0.25) is 5.14 Å². The number of nitriles is 1. The van der Waals surface area contributed by atoms with Gasteiger partial charge in [-0.05, 0) is 24.6 Å². The van der Waals surface area contributed by atoms with Gasteiger partial charge >= 0.3 is 0 Å². The number of hydrogen-bond acceptors (Lipinski definition) is 4. The summed E-state index contributed by atoms with van der Waals surface area (Å²) in [7, 11) is 1.54. The van der Waals surface area contributed by atoms with Crippen molar-refractivity contribution in [2.45, 2.75) is 18.3 Å². The molecule has 0 aliphatic heterocycles. The van der Waals surface area contributed by atoms with Gasteiger partial charge in [-0.25, -0.2) is 4.39 Å². The standard InChI is InChI=1S/C11H13FN2OS/c1-7(16-14)11(15-2)10-4-3-9(12)5-8(10)6-13/h3-5,7,11H,14H2,1-2H3. The van der Waals surface area contributed by atoms with Crippen LogP contribution in [0.25, 0.3) is 0 Å². The third kappa shape index (κ3) is 2.73. The normalized spacial score (nSPS) is 14.2. The van der Waals surface area contributed by atoms with E-state index in [-0.39, 0.29) is 16.9 Å². The summed E-state index contributed by atoms with van der Waals surface area (Å²) >= 11 is 1.15. The van der Waals surface area contributed by atoms with Gasteiger partial charge in [0.25, 0.3) is 0 Å². The minimum atomic E-state index is -0.428. The highest BCUT2D eigenvalue weighted by molar-refractivity contribution is 7.97. The van der Waals surface area contributed by atoms with Crippen molar-refractivity contribution in [3.8, 4) is 6.07 Å². The number of rotatable bonds is 4. The number of ether oxygens (including phenoxy) is 1. The highest BCUT2D eigenvalue weighted by Gasteiger charge is 2.21. The highest BCUT2D eigenvalue weighted by atomic mass is 32.2. The van der Waals surface area contributed by atoms with Crippen molar-refractivity contribution in [3.63, 3.8) is 0 Å². The molecule has 0 radical (unpaired) electrons. The summed E-state index contributed by atoms with van der Waals surface area (Å²) in [6.45, 7) is 1.89. The first-order valence-electron chi connectivity index (χ1n) is 4.72. The topological polar surface area (TPSA) is 59.0 Å². The van der Waals surface area contributed by atoms with Crippen LogP contribution in [0.5, 0.6) is 0 Å². The number of nitrogens with two attached hydrogens (primary N) is 1. The van der Waals surface area contributed by atoms with E-state index < -0.39 is 5.82 Å².